The predicted molar refractivity (Wildman–Crippen MR) is 124 cm³/mol. The average Bonchev–Trinajstić information content (AvgIpc) is 3.22. The van der Waals surface area contributed by atoms with E-state index in [0.717, 1.165) is 5.56 Å². The van der Waals surface area contributed by atoms with E-state index in [0.29, 0.717) is 22.4 Å². The zero-order valence-corrected chi connectivity index (χ0v) is 17.8. The molecule has 0 saturated carbocycles. The number of nitrogens with one attached hydrogen (secondary N) is 2. The number of fused-ring (bicyclic) bond motifs is 1. The molecule has 7 heteroatoms. The zero-order valence-electron chi connectivity index (χ0n) is 17.8. The van der Waals surface area contributed by atoms with Crippen molar-refractivity contribution >= 4 is 23.3 Å². The number of rotatable bonds is 5. The quantitative estimate of drug-likeness (QED) is 0.472. The summed E-state index contributed by atoms with van der Waals surface area (Å²) >= 11 is 0. The first-order valence-corrected chi connectivity index (χ1v) is 10.2. The van der Waals surface area contributed by atoms with Crippen molar-refractivity contribution in [1.82, 2.24) is 10.6 Å². The van der Waals surface area contributed by atoms with Crippen LogP contribution in [-0.2, 0) is 11.3 Å². The van der Waals surface area contributed by atoms with Gasteiger partial charge in [-0.25, -0.2) is 4.99 Å². The van der Waals surface area contributed by atoms with Crippen molar-refractivity contribution in [3.8, 4) is 11.8 Å². The molecule has 1 aliphatic heterocycles. The number of hydrogen-bond acceptors (Lipinski definition) is 5. The van der Waals surface area contributed by atoms with Gasteiger partial charge in [0.2, 0.25) is 0 Å². The largest absolute Gasteiger partial charge is 0.497 e. The standard InChI is InChI=1S/C26H20N4O3/c1-33-19-13-11-18(12-14-19)25(31)30-24-21-10-6-5-9-20(21)23(29-24)22(15-27)26(32)28-16-17-7-3-2-4-8-17/h2-14H,16H2,1H3,(H,28,32)(H,29,30,31)/b23-22+. The number of nitrogens with zero attached hydrogens (tertiary/aromatic N) is 2. The molecule has 0 spiro atoms. The number of methoxy groups -OCH3 is 1. The number of ether oxygens (including phenoxy) is 1. The van der Waals surface area contributed by atoms with E-state index in [1.807, 2.05) is 36.4 Å². The van der Waals surface area contributed by atoms with Gasteiger partial charge >= 0.3 is 0 Å². The van der Waals surface area contributed by atoms with Crippen LogP contribution >= 0.6 is 0 Å². The lowest BCUT2D eigenvalue weighted by molar-refractivity contribution is -0.117. The van der Waals surface area contributed by atoms with Gasteiger partial charge in [0.05, 0.1) is 12.8 Å². The van der Waals surface area contributed by atoms with Crippen molar-refractivity contribution in [2.45, 2.75) is 6.54 Å². The van der Waals surface area contributed by atoms with Crippen LogP contribution in [0.15, 0.2) is 89.4 Å². The fourth-order valence-corrected chi connectivity index (χ4v) is 3.41. The van der Waals surface area contributed by atoms with Crippen molar-refractivity contribution in [3.63, 3.8) is 0 Å². The lowest BCUT2D eigenvalue weighted by Crippen LogP contribution is -2.30. The van der Waals surface area contributed by atoms with Crippen LogP contribution in [0.3, 0.4) is 0 Å². The van der Waals surface area contributed by atoms with Gasteiger partial charge in [-0.05, 0) is 29.8 Å². The Hall–Kier alpha value is -4.70. The van der Waals surface area contributed by atoms with Gasteiger partial charge in [-0.15, -0.1) is 0 Å². The van der Waals surface area contributed by atoms with E-state index in [4.69, 9.17) is 4.74 Å². The Morgan fingerprint density at radius 2 is 1.61 bits per heavy atom. The molecule has 2 amide bonds. The molecule has 1 aliphatic rings. The van der Waals surface area contributed by atoms with Crippen molar-refractivity contribution in [2.24, 2.45) is 4.99 Å². The molecule has 0 aromatic heterocycles. The number of carbonyl (C=O) groups excluding carboxylic acids is 2. The van der Waals surface area contributed by atoms with Gasteiger partial charge in [0, 0.05) is 23.2 Å². The highest BCUT2D eigenvalue weighted by molar-refractivity contribution is 6.20. The van der Waals surface area contributed by atoms with E-state index < -0.39 is 5.91 Å². The van der Waals surface area contributed by atoms with Gasteiger partial charge in [-0.3, -0.25) is 9.59 Å². The number of amidine groups is 1. The first-order chi connectivity index (χ1) is 16.1. The maximum Gasteiger partial charge on any atom is 0.264 e. The average molecular weight is 436 g/mol. The second kappa shape index (κ2) is 9.62. The number of nitriles is 1. The molecule has 3 aromatic carbocycles. The Balaban J connectivity index is 1.61. The zero-order chi connectivity index (χ0) is 23.2. The van der Waals surface area contributed by atoms with Crippen LogP contribution in [0.1, 0.15) is 27.0 Å². The summed E-state index contributed by atoms with van der Waals surface area (Å²) in [7, 11) is 1.55. The van der Waals surface area contributed by atoms with Gasteiger partial charge < -0.3 is 15.4 Å². The summed E-state index contributed by atoms with van der Waals surface area (Å²) in [6.45, 7) is 0.282. The Labute approximate surface area is 191 Å². The second-order valence-corrected chi connectivity index (χ2v) is 7.19. The maximum atomic E-state index is 12.8. The normalized spacial score (nSPS) is 13.3. The van der Waals surface area contributed by atoms with Crippen molar-refractivity contribution < 1.29 is 14.3 Å². The first-order valence-electron chi connectivity index (χ1n) is 10.2. The second-order valence-electron chi connectivity index (χ2n) is 7.19. The van der Waals surface area contributed by atoms with Crippen molar-refractivity contribution in [3.05, 3.63) is 107 Å². The summed E-state index contributed by atoms with van der Waals surface area (Å²) in [5, 5.41) is 15.3. The maximum absolute atomic E-state index is 12.8. The molecule has 0 saturated heterocycles. The summed E-state index contributed by atoms with van der Waals surface area (Å²) in [6, 6.07) is 25.2. The molecular formula is C26H20N4O3. The molecule has 0 fully saturated rings. The van der Waals surface area contributed by atoms with Gasteiger partial charge in [-0.2, -0.15) is 5.26 Å². The number of hydrogen-bond donors (Lipinski definition) is 2. The summed E-state index contributed by atoms with van der Waals surface area (Å²) in [4.78, 5) is 30.0. The minimum Gasteiger partial charge on any atom is -0.497 e. The smallest absolute Gasteiger partial charge is 0.264 e. The van der Waals surface area contributed by atoms with Crippen LogP contribution < -0.4 is 15.4 Å². The molecule has 0 bridgehead atoms. The molecule has 0 unspecified atom stereocenters. The molecule has 4 rings (SSSR count). The van der Waals surface area contributed by atoms with Gasteiger partial charge in [0.1, 0.15) is 23.2 Å². The molecule has 0 atom stereocenters. The summed E-state index contributed by atoms with van der Waals surface area (Å²) in [5.41, 5.74) is 2.69. The van der Waals surface area contributed by atoms with E-state index >= 15 is 0 Å². The van der Waals surface area contributed by atoms with E-state index in [-0.39, 0.29) is 29.6 Å². The van der Waals surface area contributed by atoms with E-state index in [1.165, 1.54) is 0 Å². The van der Waals surface area contributed by atoms with Crippen LogP contribution in [0.25, 0.3) is 5.70 Å². The molecule has 2 N–H and O–H groups in total. The molecule has 162 valence electrons. The predicted octanol–water partition coefficient (Wildman–Crippen LogP) is 3.44. The molecule has 1 heterocycles. The molecule has 3 aromatic rings. The fraction of sp³-hybridized carbons (Fsp3) is 0.0769. The highest BCUT2D eigenvalue weighted by Gasteiger charge is 2.27. The minimum absolute atomic E-state index is 0.118. The Morgan fingerprint density at radius 1 is 0.939 bits per heavy atom. The van der Waals surface area contributed by atoms with E-state index in [2.05, 4.69) is 15.6 Å². The number of benzene rings is 3. The SMILES string of the molecule is COc1ccc(C(=O)NC2=N/C(=C(\C#N)C(=O)NCc3ccccc3)c3ccccc32)cc1. The third-order valence-corrected chi connectivity index (χ3v) is 5.12. The number of amides is 2. The van der Waals surface area contributed by atoms with Crippen LogP contribution in [0.2, 0.25) is 0 Å². The Morgan fingerprint density at radius 3 is 2.27 bits per heavy atom. The summed E-state index contributed by atoms with van der Waals surface area (Å²) in [5.74, 6) is 0.0302. The van der Waals surface area contributed by atoms with E-state index in [9.17, 15) is 14.9 Å². The molecule has 0 radical (unpaired) electrons. The molecule has 7 nitrogen and oxygen atoms in total. The minimum atomic E-state index is -0.530. The molecular weight excluding hydrogens is 416 g/mol. The number of aliphatic imine (C=N–C) groups is 1. The molecule has 0 aliphatic carbocycles. The van der Waals surface area contributed by atoms with Gasteiger partial charge in [0.15, 0.2) is 0 Å². The van der Waals surface area contributed by atoms with Crippen LogP contribution in [0, 0.1) is 11.3 Å². The van der Waals surface area contributed by atoms with E-state index in [1.54, 1.807) is 55.6 Å². The Bertz CT molecular complexity index is 1300. The topological polar surface area (TPSA) is 104 Å². The first kappa shape index (κ1) is 21.5. The monoisotopic (exact) mass is 436 g/mol. The van der Waals surface area contributed by atoms with Gasteiger partial charge in [0.25, 0.3) is 11.8 Å². The number of carbonyl (C=O) groups is 2. The lowest BCUT2D eigenvalue weighted by Gasteiger charge is -2.07. The third-order valence-electron chi connectivity index (χ3n) is 5.12. The van der Waals surface area contributed by atoms with Crippen molar-refractivity contribution in [1.29, 1.82) is 5.26 Å². The van der Waals surface area contributed by atoms with Crippen LogP contribution in [0.4, 0.5) is 0 Å². The summed E-state index contributed by atoms with van der Waals surface area (Å²) < 4.78 is 5.12. The summed E-state index contributed by atoms with van der Waals surface area (Å²) in [6.07, 6.45) is 0. The van der Waals surface area contributed by atoms with Crippen LogP contribution in [-0.4, -0.2) is 24.8 Å². The van der Waals surface area contributed by atoms with Crippen LogP contribution in [0.5, 0.6) is 5.75 Å². The Kier molecular flexibility index (Phi) is 6.28. The van der Waals surface area contributed by atoms with Gasteiger partial charge in [-0.1, -0.05) is 54.6 Å². The van der Waals surface area contributed by atoms with Crippen molar-refractivity contribution in [2.75, 3.05) is 7.11 Å². The highest BCUT2D eigenvalue weighted by atomic mass is 16.5. The fourth-order valence-electron chi connectivity index (χ4n) is 3.41. The highest BCUT2D eigenvalue weighted by Crippen LogP contribution is 2.30. The lowest BCUT2D eigenvalue weighted by atomic mass is 10.0. The molecule has 33 heavy (non-hydrogen) atoms. The third kappa shape index (κ3) is 4.65.